The van der Waals surface area contributed by atoms with Crippen LogP contribution in [0.15, 0.2) is 42.5 Å². The van der Waals surface area contributed by atoms with E-state index in [4.69, 9.17) is 20.9 Å². The van der Waals surface area contributed by atoms with E-state index in [0.29, 0.717) is 16.4 Å². The Balaban J connectivity index is 1.64. The first kappa shape index (κ1) is 19.7. The molecule has 0 aromatic heterocycles. The zero-order valence-electron chi connectivity index (χ0n) is 16.2. The molecule has 7 heteroatoms. The number of carbonyl (C=O) groups is 1. The van der Waals surface area contributed by atoms with Gasteiger partial charge in [-0.1, -0.05) is 29.8 Å². The van der Waals surface area contributed by atoms with Gasteiger partial charge in [-0.15, -0.1) is 0 Å². The van der Waals surface area contributed by atoms with Crippen LogP contribution < -0.4 is 16.1 Å². The summed E-state index contributed by atoms with van der Waals surface area (Å²) in [6.07, 6.45) is 0. The van der Waals surface area contributed by atoms with Gasteiger partial charge < -0.3 is 19.9 Å². The number of hydrogen-bond donors (Lipinski definition) is 2. The molecule has 0 unspecified atom stereocenters. The molecule has 0 atom stereocenters. The standard InChI is InChI=1S/C20H24BClN2O3/c1-13-6-11-16(22)17(12-13)24-18(25)23-15-9-7-14(8-10-15)21-26-19(2,3)20(4,5)27-21/h6-12H,1-5H3,(H2,23,24,25). The van der Waals surface area contributed by atoms with Crippen molar-refractivity contribution in [3.05, 3.63) is 53.1 Å². The van der Waals surface area contributed by atoms with Crippen molar-refractivity contribution < 1.29 is 14.1 Å². The average molecular weight is 387 g/mol. The minimum absolute atomic E-state index is 0.356. The van der Waals surface area contributed by atoms with Gasteiger partial charge in [0.15, 0.2) is 0 Å². The molecule has 2 aromatic rings. The van der Waals surface area contributed by atoms with Crippen LogP contribution in [0.5, 0.6) is 0 Å². The van der Waals surface area contributed by atoms with E-state index in [1.54, 1.807) is 6.07 Å². The maximum atomic E-state index is 12.2. The molecule has 0 saturated carbocycles. The smallest absolute Gasteiger partial charge is 0.399 e. The molecule has 2 N–H and O–H groups in total. The molecule has 1 fully saturated rings. The third-order valence-electron chi connectivity index (χ3n) is 5.06. The summed E-state index contributed by atoms with van der Waals surface area (Å²) in [6.45, 7) is 10.0. The average Bonchev–Trinajstić information content (AvgIpc) is 2.79. The molecule has 0 radical (unpaired) electrons. The molecule has 1 heterocycles. The number of aryl methyl sites for hydroxylation is 1. The minimum atomic E-state index is -0.427. The van der Waals surface area contributed by atoms with Crippen LogP contribution in [0.2, 0.25) is 5.02 Å². The number of anilines is 2. The van der Waals surface area contributed by atoms with Crippen LogP contribution in [0, 0.1) is 6.92 Å². The fourth-order valence-electron chi connectivity index (χ4n) is 2.72. The SMILES string of the molecule is Cc1ccc(Cl)c(NC(=O)Nc2ccc(B3OC(C)(C)C(C)(C)O3)cc2)c1. The minimum Gasteiger partial charge on any atom is -0.399 e. The van der Waals surface area contributed by atoms with Crippen molar-refractivity contribution in [1.82, 2.24) is 0 Å². The van der Waals surface area contributed by atoms with Gasteiger partial charge in [0.2, 0.25) is 0 Å². The summed E-state index contributed by atoms with van der Waals surface area (Å²) in [6, 6.07) is 12.5. The fourth-order valence-corrected chi connectivity index (χ4v) is 2.89. The van der Waals surface area contributed by atoms with Gasteiger partial charge in [-0.2, -0.15) is 0 Å². The van der Waals surface area contributed by atoms with Gasteiger partial charge in [-0.05, 0) is 69.9 Å². The van der Waals surface area contributed by atoms with Crippen LogP contribution in [0.4, 0.5) is 16.2 Å². The molecule has 142 valence electrons. The first-order valence-electron chi connectivity index (χ1n) is 8.87. The normalized spacial score (nSPS) is 17.6. The number of benzene rings is 2. The molecular formula is C20H24BClN2O3. The first-order valence-corrected chi connectivity index (χ1v) is 9.25. The quantitative estimate of drug-likeness (QED) is 0.758. The largest absolute Gasteiger partial charge is 0.494 e. The van der Waals surface area contributed by atoms with Crippen molar-refractivity contribution in [3.63, 3.8) is 0 Å². The second-order valence-corrected chi connectivity index (χ2v) is 8.18. The number of hydrogen-bond acceptors (Lipinski definition) is 3. The van der Waals surface area contributed by atoms with Crippen LogP contribution in [-0.4, -0.2) is 24.4 Å². The van der Waals surface area contributed by atoms with Crippen LogP contribution in [0.3, 0.4) is 0 Å². The summed E-state index contributed by atoms with van der Waals surface area (Å²) < 4.78 is 12.1. The van der Waals surface area contributed by atoms with Gasteiger partial charge >= 0.3 is 13.1 Å². The van der Waals surface area contributed by atoms with Gasteiger partial charge in [-0.25, -0.2) is 4.79 Å². The van der Waals surface area contributed by atoms with Crippen molar-refractivity contribution in [2.24, 2.45) is 0 Å². The van der Waals surface area contributed by atoms with Crippen LogP contribution >= 0.6 is 11.6 Å². The Kier molecular flexibility index (Phi) is 5.26. The number of urea groups is 1. The highest BCUT2D eigenvalue weighted by atomic mass is 35.5. The zero-order valence-corrected chi connectivity index (χ0v) is 17.0. The Bertz CT molecular complexity index is 837. The van der Waals surface area contributed by atoms with Crippen molar-refractivity contribution in [3.8, 4) is 0 Å². The molecule has 0 bridgehead atoms. The third kappa shape index (κ3) is 4.29. The van der Waals surface area contributed by atoms with Crippen LogP contribution in [-0.2, 0) is 9.31 Å². The first-order chi connectivity index (χ1) is 12.6. The topological polar surface area (TPSA) is 59.6 Å². The molecule has 1 aliphatic rings. The lowest BCUT2D eigenvalue weighted by Gasteiger charge is -2.32. The van der Waals surface area contributed by atoms with E-state index in [9.17, 15) is 4.79 Å². The van der Waals surface area contributed by atoms with Crippen LogP contribution in [0.1, 0.15) is 33.3 Å². The second-order valence-electron chi connectivity index (χ2n) is 7.77. The molecule has 1 saturated heterocycles. The highest BCUT2D eigenvalue weighted by Gasteiger charge is 2.51. The summed E-state index contributed by atoms with van der Waals surface area (Å²) in [7, 11) is -0.427. The molecule has 27 heavy (non-hydrogen) atoms. The van der Waals surface area contributed by atoms with Crippen molar-refractivity contribution in [2.75, 3.05) is 10.6 Å². The highest BCUT2D eigenvalue weighted by molar-refractivity contribution is 6.62. The van der Waals surface area contributed by atoms with Crippen molar-refractivity contribution in [2.45, 2.75) is 45.8 Å². The molecular weight excluding hydrogens is 362 g/mol. The van der Waals surface area contributed by atoms with E-state index in [1.165, 1.54) is 0 Å². The van der Waals surface area contributed by atoms with Crippen LogP contribution in [0.25, 0.3) is 0 Å². The van der Waals surface area contributed by atoms with Gasteiger partial charge in [0, 0.05) is 5.69 Å². The predicted octanol–water partition coefficient (Wildman–Crippen LogP) is 4.59. The molecule has 2 aromatic carbocycles. The van der Waals surface area contributed by atoms with E-state index in [2.05, 4.69) is 10.6 Å². The van der Waals surface area contributed by atoms with E-state index in [-0.39, 0.29) is 17.2 Å². The summed E-state index contributed by atoms with van der Waals surface area (Å²) >= 11 is 6.11. The summed E-state index contributed by atoms with van der Waals surface area (Å²) in [4.78, 5) is 12.2. The molecule has 3 rings (SSSR count). The zero-order chi connectivity index (χ0) is 19.8. The number of halogens is 1. The fraction of sp³-hybridized carbons (Fsp3) is 0.350. The summed E-state index contributed by atoms with van der Waals surface area (Å²) in [5.41, 5.74) is 2.38. The van der Waals surface area contributed by atoms with Crippen molar-refractivity contribution >= 4 is 41.6 Å². The monoisotopic (exact) mass is 386 g/mol. The number of amides is 2. The Morgan fingerprint density at radius 1 is 0.963 bits per heavy atom. The Labute approximate surface area is 165 Å². The Hall–Kier alpha value is -2.02. The Morgan fingerprint density at radius 2 is 1.56 bits per heavy atom. The third-order valence-corrected chi connectivity index (χ3v) is 5.39. The summed E-state index contributed by atoms with van der Waals surface area (Å²) in [5, 5.41) is 6.05. The van der Waals surface area contributed by atoms with Gasteiger partial charge in [-0.3, -0.25) is 0 Å². The molecule has 2 amide bonds. The lowest BCUT2D eigenvalue weighted by atomic mass is 9.79. The molecule has 5 nitrogen and oxygen atoms in total. The number of nitrogens with one attached hydrogen (secondary N) is 2. The molecule has 0 spiro atoms. The predicted molar refractivity (Wildman–Crippen MR) is 111 cm³/mol. The van der Waals surface area contributed by atoms with Gasteiger partial charge in [0.05, 0.1) is 21.9 Å². The second kappa shape index (κ2) is 7.19. The van der Waals surface area contributed by atoms with E-state index in [1.807, 2.05) is 71.0 Å². The lowest BCUT2D eigenvalue weighted by Crippen LogP contribution is -2.41. The highest BCUT2D eigenvalue weighted by Crippen LogP contribution is 2.36. The van der Waals surface area contributed by atoms with E-state index >= 15 is 0 Å². The van der Waals surface area contributed by atoms with E-state index in [0.717, 1.165) is 11.0 Å². The van der Waals surface area contributed by atoms with Gasteiger partial charge in [0.25, 0.3) is 0 Å². The summed E-state index contributed by atoms with van der Waals surface area (Å²) in [5.74, 6) is 0. The molecule has 0 aliphatic carbocycles. The maximum absolute atomic E-state index is 12.2. The van der Waals surface area contributed by atoms with E-state index < -0.39 is 7.12 Å². The maximum Gasteiger partial charge on any atom is 0.494 e. The van der Waals surface area contributed by atoms with Gasteiger partial charge in [0.1, 0.15) is 0 Å². The number of rotatable bonds is 3. The molecule has 1 aliphatic heterocycles. The van der Waals surface area contributed by atoms with Crippen molar-refractivity contribution in [1.29, 1.82) is 0 Å². The Morgan fingerprint density at radius 3 is 2.15 bits per heavy atom. The number of carbonyl (C=O) groups excluding carboxylic acids is 1. The lowest BCUT2D eigenvalue weighted by molar-refractivity contribution is 0.00578.